The second kappa shape index (κ2) is 7.68. The van der Waals surface area contributed by atoms with E-state index in [9.17, 15) is 4.79 Å². The van der Waals surface area contributed by atoms with Gasteiger partial charge in [0.1, 0.15) is 12.3 Å². The van der Waals surface area contributed by atoms with Gasteiger partial charge in [-0.3, -0.25) is 4.79 Å². The molecule has 0 amide bonds. The summed E-state index contributed by atoms with van der Waals surface area (Å²) in [6.07, 6.45) is 3.48. The lowest BCUT2D eigenvalue weighted by atomic mass is 10.4. The van der Waals surface area contributed by atoms with Gasteiger partial charge in [0.2, 0.25) is 5.16 Å². The van der Waals surface area contributed by atoms with Crippen LogP contribution in [0, 0.1) is 0 Å². The van der Waals surface area contributed by atoms with Crippen molar-refractivity contribution < 1.29 is 13.9 Å². The molecule has 20 heavy (non-hydrogen) atoms. The Kier molecular flexibility index (Phi) is 5.60. The highest BCUT2D eigenvalue weighted by atomic mass is 32.2. The van der Waals surface area contributed by atoms with Crippen LogP contribution in [0.1, 0.15) is 25.5 Å². The summed E-state index contributed by atoms with van der Waals surface area (Å²) in [4.78, 5) is 11.5. The number of tetrazole rings is 1. The third-order valence-corrected chi connectivity index (χ3v) is 3.40. The van der Waals surface area contributed by atoms with Gasteiger partial charge >= 0.3 is 5.97 Å². The zero-order valence-corrected chi connectivity index (χ0v) is 12.0. The SMILES string of the molecule is CCCCOC(=O)CSc1nnnn1Cc1ccco1. The molecule has 2 aromatic heterocycles. The van der Waals surface area contributed by atoms with Gasteiger partial charge in [0.25, 0.3) is 0 Å². The van der Waals surface area contributed by atoms with Crippen LogP contribution in [0.3, 0.4) is 0 Å². The van der Waals surface area contributed by atoms with Gasteiger partial charge in [0, 0.05) is 0 Å². The maximum atomic E-state index is 11.5. The quantitative estimate of drug-likeness (QED) is 0.417. The van der Waals surface area contributed by atoms with Crippen molar-refractivity contribution in [1.29, 1.82) is 0 Å². The van der Waals surface area contributed by atoms with Crippen LogP contribution < -0.4 is 0 Å². The average molecular weight is 296 g/mol. The van der Waals surface area contributed by atoms with Gasteiger partial charge in [0.15, 0.2) is 0 Å². The van der Waals surface area contributed by atoms with E-state index < -0.39 is 0 Å². The van der Waals surface area contributed by atoms with E-state index in [1.54, 1.807) is 17.0 Å². The van der Waals surface area contributed by atoms with E-state index in [2.05, 4.69) is 15.5 Å². The molecular weight excluding hydrogens is 280 g/mol. The van der Waals surface area contributed by atoms with Crippen LogP contribution in [0.25, 0.3) is 0 Å². The summed E-state index contributed by atoms with van der Waals surface area (Å²) in [5.41, 5.74) is 0. The lowest BCUT2D eigenvalue weighted by Gasteiger charge is -2.04. The molecule has 0 bridgehead atoms. The van der Waals surface area contributed by atoms with E-state index in [1.807, 2.05) is 13.0 Å². The Bertz CT molecular complexity index is 527. The van der Waals surface area contributed by atoms with Crippen LogP contribution >= 0.6 is 11.8 Å². The van der Waals surface area contributed by atoms with Gasteiger partial charge in [0.05, 0.1) is 18.6 Å². The van der Waals surface area contributed by atoms with E-state index in [0.29, 0.717) is 18.3 Å². The van der Waals surface area contributed by atoms with Crippen LogP contribution in [0.2, 0.25) is 0 Å². The first-order valence-corrected chi connectivity index (χ1v) is 7.35. The number of hydrogen-bond donors (Lipinski definition) is 0. The summed E-state index contributed by atoms with van der Waals surface area (Å²) < 4.78 is 11.9. The van der Waals surface area contributed by atoms with Crippen molar-refractivity contribution in [3.63, 3.8) is 0 Å². The number of thioether (sulfide) groups is 1. The van der Waals surface area contributed by atoms with Crippen molar-refractivity contribution in [3.8, 4) is 0 Å². The number of hydrogen-bond acceptors (Lipinski definition) is 7. The highest BCUT2D eigenvalue weighted by Crippen LogP contribution is 2.15. The maximum Gasteiger partial charge on any atom is 0.316 e. The van der Waals surface area contributed by atoms with Crippen LogP contribution in [-0.2, 0) is 16.1 Å². The topological polar surface area (TPSA) is 83.0 Å². The first kappa shape index (κ1) is 14.6. The Labute approximate surface area is 120 Å². The molecule has 0 aromatic carbocycles. The molecule has 108 valence electrons. The third-order valence-electron chi connectivity index (χ3n) is 2.46. The summed E-state index contributed by atoms with van der Waals surface area (Å²) in [6.45, 7) is 2.95. The number of carbonyl (C=O) groups is 1. The predicted octanol–water partition coefficient (Wildman–Crippen LogP) is 1.75. The highest BCUT2D eigenvalue weighted by Gasteiger charge is 2.11. The van der Waals surface area contributed by atoms with Gasteiger partial charge in [-0.25, -0.2) is 4.68 Å². The molecule has 0 N–H and O–H groups in total. The third kappa shape index (κ3) is 4.37. The monoisotopic (exact) mass is 296 g/mol. The molecule has 0 atom stereocenters. The Morgan fingerprint density at radius 2 is 2.45 bits per heavy atom. The zero-order chi connectivity index (χ0) is 14.2. The van der Waals surface area contributed by atoms with Gasteiger partial charge in [-0.15, -0.1) is 5.10 Å². The molecular formula is C12H16N4O3S. The van der Waals surface area contributed by atoms with Crippen molar-refractivity contribution in [3.05, 3.63) is 24.2 Å². The van der Waals surface area contributed by atoms with E-state index in [4.69, 9.17) is 9.15 Å². The van der Waals surface area contributed by atoms with Gasteiger partial charge in [-0.2, -0.15) is 0 Å². The Balaban J connectivity index is 1.81. The van der Waals surface area contributed by atoms with Gasteiger partial charge in [-0.05, 0) is 29.0 Å². The number of aromatic nitrogens is 4. The zero-order valence-electron chi connectivity index (χ0n) is 11.2. The Hall–Kier alpha value is -1.83. The molecule has 2 aromatic rings. The van der Waals surface area contributed by atoms with Gasteiger partial charge < -0.3 is 9.15 Å². The van der Waals surface area contributed by atoms with Crippen LogP contribution in [-0.4, -0.2) is 38.5 Å². The summed E-state index contributed by atoms with van der Waals surface area (Å²) in [7, 11) is 0. The highest BCUT2D eigenvalue weighted by molar-refractivity contribution is 7.99. The van der Waals surface area contributed by atoms with Crippen molar-refractivity contribution in [2.45, 2.75) is 31.5 Å². The average Bonchev–Trinajstić information content (AvgIpc) is 3.09. The number of esters is 1. The molecule has 0 aliphatic carbocycles. The molecule has 2 heterocycles. The number of unbranched alkanes of at least 4 members (excludes halogenated alkanes) is 1. The van der Waals surface area contributed by atoms with E-state index in [0.717, 1.165) is 18.6 Å². The first-order chi connectivity index (χ1) is 9.79. The predicted molar refractivity (Wildman–Crippen MR) is 72.2 cm³/mol. The van der Waals surface area contributed by atoms with Gasteiger partial charge in [-0.1, -0.05) is 25.1 Å². The standard InChI is InChI=1S/C12H16N4O3S/c1-2-3-6-19-11(17)9-20-12-13-14-15-16(12)8-10-5-4-7-18-10/h4-5,7H,2-3,6,8-9H2,1H3. The first-order valence-electron chi connectivity index (χ1n) is 6.36. The normalized spacial score (nSPS) is 10.7. The number of ether oxygens (including phenoxy) is 1. The second-order valence-corrected chi connectivity index (χ2v) is 5.00. The van der Waals surface area contributed by atoms with E-state index in [-0.39, 0.29) is 11.7 Å². The van der Waals surface area contributed by atoms with Crippen molar-refractivity contribution in [2.24, 2.45) is 0 Å². The molecule has 8 heteroatoms. The number of rotatable bonds is 8. The molecule has 0 aliphatic heterocycles. The number of nitrogens with zero attached hydrogens (tertiary/aromatic N) is 4. The Morgan fingerprint density at radius 3 is 3.20 bits per heavy atom. The summed E-state index contributed by atoms with van der Waals surface area (Å²) in [5.74, 6) is 0.697. The summed E-state index contributed by atoms with van der Waals surface area (Å²) >= 11 is 1.25. The minimum absolute atomic E-state index is 0.197. The minimum Gasteiger partial charge on any atom is -0.467 e. The van der Waals surface area contributed by atoms with E-state index in [1.165, 1.54) is 11.8 Å². The smallest absolute Gasteiger partial charge is 0.316 e. The fraction of sp³-hybridized carbons (Fsp3) is 0.500. The van der Waals surface area contributed by atoms with Crippen molar-refractivity contribution in [2.75, 3.05) is 12.4 Å². The minimum atomic E-state index is -0.254. The fourth-order valence-electron chi connectivity index (χ4n) is 1.44. The van der Waals surface area contributed by atoms with E-state index >= 15 is 0 Å². The number of carbonyl (C=O) groups excluding carboxylic acids is 1. The van der Waals surface area contributed by atoms with Crippen molar-refractivity contribution >= 4 is 17.7 Å². The van der Waals surface area contributed by atoms with Crippen LogP contribution in [0.4, 0.5) is 0 Å². The lowest BCUT2D eigenvalue weighted by molar-refractivity contribution is -0.140. The molecule has 0 unspecified atom stereocenters. The molecule has 0 fully saturated rings. The molecule has 0 radical (unpaired) electrons. The van der Waals surface area contributed by atoms with Crippen molar-refractivity contribution in [1.82, 2.24) is 20.2 Å². The van der Waals surface area contributed by atoms with Crippen LogP contribution in [0.15, 0.2) is 28.0 Å². The Morgan fingerprint density at radius 1 is 1.55 bits per heavy atom. The number of furan rings is 1. The molecule has 7 nitrogen and oxygen atoms in total. The summed E-state index contributed by atoms with van der Waals surface area (Å²) in [5, 5.41) is 11.9. The lowest BCUT2D eigenvalue weighted by Crippen LogP contribution is -2.10. The molecule has 0 spiro atoms. The largest absolute Gasteiger partial charge is 0.467 e. The fourth-order valence-corrected chi connectivity index (χ4v) is 2.12. The molecule has 0 saturated carbocycles. The summed E-state index contributed by atoms with van der Waals surface area (Å²) in [6, 6.07) is 3.65. The molecule has 2 rings (SSSR count). The second-order valence-electron chi connectivity index (χ2n) is 4.06. The molecule has 0 saturated heterocycles. The van der Waals surface area contributed by atoms with Crippen LogP contribution in [0.5, 0.6) is 0 Å². The maximum absolute atomic E-state index is 11.5. The molecule has 0 aliphatic rings.